The molecule has 8 heteroatoms. The molecule has 0 spiro atoms. The molecule has 0 atom stereocenters. The van der Waals surface area contributed by atoms with Crippen LogP contribution in [0.1, 0.15) is 0 Å². The van der Waals surface area contributed by atoms with Gasteiger partial charge in [-0.2, -0.15) is 8.42 Å². The summed E-state index contributed by atoms with van der Waals surface area (Å²) >= 11 is 0. The molecule has 5 rings (SSSR count). The van der Waals surface area contributed by atoms with Crippen LogP contribution in [0.3, 0.4) is 0 Å². The number of hydrogen-bond acceptors (Lipinski definition) is 6. The summed E-state index contributed by atoms with van der Waals surface area (Å²) in [5.74, 6) is 2.19. The quantitative estimate of drug-likeness (QED) is 0.223. The highest BCUT2D eigenvalue weighted by atomic mass is 32.2. The molecule has 0 unspecified atom stereocenters. The van der Waals surface area contributed by atoms with Crippen molar-refractivity contribution >= 4 is 10.1 Å². The molecule has 0 aliphatic rings. The van der Waals surface area contributed by atoms with Crippen molar-refractivity contribution in [1.29, 1.82) is 0 Å². The van der Waals surface area contributed by atoms with Crippen LogP contribution in [-0.2, 0) is 10.1 Å². The summed E-state index contributed by atoms with van der Waals surface area (Å²) in [4.78, 5) is 5.11. The molecule has 0 radical (unpaired) electrons. The van der Waals surface area contributed by atoms with Gasteiger partial charge in [-0.25, -0.2) is 4.98 Å². The van der Waals surface area contributed by atoms with E-state index in [2.05, 4.69) is 0 Å². The van der Waals surface area contributed by atoms with Crippen molar-refractivity contribution in [2.75, 3.05) is 20.5 Å². The van der Waals surface area contributed by atoms with Crippen LogP contribution in [0.25, 0.3) is 39.6 Å². The maximum Gasteiger partial charge on any atom is 0.306 e. The SMILES string of the molecule is COc1ccc(-c2nc(-c3ccccc3OS(C)(=O)=O)n(-c3ccccc3)c2-c2ccc(OC)cc2)cc1. The number of nitrogens with zero attached hydrogens (tertiary/aromatic N) is 2. The molecule has 0 saturated heterocycles. The summed E-state index contributed by atoms with van der Waals surface area (Å²) in [7, 11) is -0.521. The van der Waals surface area contributed by atoms with Crippen LogP contribution in [0.5, 0.6) is 17.2 Å². The standard InChI is InChI=1S/C30H26N2O5S/c1-35-24-17-13-21(14-18-24)28-29(22-15-19-25(36-2)20-16-22)32(23-9-5-4-6-10-23)30(31-28)26-11-7-8-12-27(26)37-38(3,33)34/h4-20H,1-3H3. The maximum absolute atomic E-state index is 12.1. The van der Waals surface area contributed by atoms with Crippen LogP contribution < -0.4 is 13.7 Å². The molecule has 0 N–H and O–H groups in total. The van der Waals surface area contributed by atoms with Gasteiger partial charge >= 0.3 is 10.1 Å². The van der Waals surface area contributed by atoms with E-state index in [0.29, 0.717) is 17.1 Å². The van der Waals surface area contributed by atoms with Crippen LogP contribution in [0.15, 0.2) is 103 Å². The van der Waals surface area contributed by atoms with Gasteiger partial charge in [-0.3, -0.25) is 4.57 Å². The van der Waals surface area contributed by atoms with Crippen molar-refractivity contribution in [3.05, 3.63) is 103 Å². The third-order valence-electron chi connectivity index (χ3n) is 5.99. The highest BCUT2D eigenvalue weighted by Gasteiger charge is 2.25. The number of benzene rings is 4. The van der Waals surface area contributed by atoms with Crippen LogP contribution in [0.4, 0.5) is 0 Å². The molecule has 0 amide bonds. The van der Waals surface area contributed by atoms with Gasteiger partial charge in [0.15, 0.2) is 5.75 Å². The van der Waals surface area contributed by atoms with Crippen LogP contribution in [0.2, 0.25) is 0 Å². The van der Waals surface area contributed by atoms with Gasteiger partial charge in [0, 0.05) is 16.8 Å². The Labute approximate surface area is 222 Å². The van der Waals surface area contributed by atoms with Crippen molar-refractivity contribution in [1.82, 2.24) is 9.55 Å². The first-order chi connectivity index (χ1) is 18.4. The fraction of sp³-hybridized carbons (Fsp3) is 0.100. The van der Waals surface area contributed by atoms with Crippen LogP contribution in [-0.4, -0.2) is 38.4 Å². The number of imidazole rings is 1. The molecule has 192 valence electrons. The summed E-state index contributed by atoms with van der Waals surface area (Å²) in [6.07, 6.45) is 1.03. The van der Waals surface area contributed by atoms with Crippen molar-refractivity contribution in [2.45, 2.75) is 0 Å². The maximum atomic E-state index is 12.1. The van der Waals surface area contributed by atoms with Crippen molar-refractivity contribution in [3.63, 3.8) is 0 Å². The molecule has 1 heterocycles. The average molecular weight is 527 g/mol. The smallest absolute Gasteiger partial charge is 0.306 e. The lowest BCUT2D eigenvalue weighted by Crippen LogP contribution is -2.08. The second kappa shape index (κ2) is 10.4. The number of methoxy groups -OCH3 is 2. The highest BCUT2D eigenvalue weighted by Crippen LogP contribution is 2.41. The molecule has 0 bridgehead atoms. The number of ether oxygens (including phenoxy) is 2. The molecule has 1 aromatic heterocycles. The first-order valence-electron chi connectivity index (χ1n) is 11.8. The molecule has 4 aromatic carbocycles. The summed E-state index contributed by atoms with van der Waals surface area (Å²) in [5, 5.41) is 0. The Morgan fingerprint density at radius 1 is 0.684 bits per heavy atom. The lowest BCUT2D eigenvalue weighted by atomic mass is 10.0. The normalized spacial score (nSPS) is 11.2. The third kappa shape index (κ3) is 5.12. The largest absolute Gasteiger partial charge is 0.497 e. The molecule has 0 aliphatic carbocycles. The zero-order valence-corrected chi connectivity index (χ0v) is 22.0. The van der Waals surface area contributed by atoms with E-state index in [0.717, 1.165) is 40.3 Å². The predicted molar refractivity (Wildman–Crippen MR) is 148 cm³/mol. The van der Waals surface area contributed by atoms with E-state index >= 15 is 0 Å². The van der Waals surface area contributed by atoms with E-state index in [9.17, 15) is 8.42 Å². The molecular weight excluding hydrogens is 500 g/mol. The fourth-order valence-corrected chi connectivity index (χ4v) is 4.75. The van der Waals surface area contributed by atoms with E-state index in [1.54, 1.807) is 32.4 Å². The lowest BCUT2D eigenvalue weighted by molar-refractivity contribution is 0.414. The first-order valence-corrected chi connectivity index (χ1v) is 13.7. The number of hydrogen-bond donors (Lipinski definition) is 0. The minimum atomic E-state index is -3.77. The van der Waals surface area contributed by atoms with Gasteiger partial charge in [0.05, 0.1) is 37.4 Å². The van der Waals surface area contributed by atoms with Crippen molar-refractivity contribution in [3.8, 4) is 56.8 Å². The summed E-state index contributed by atoms with van der Waals surface area (Å²) in [6.45, 7) is 0. The fourth-order valence-electron chi connectivity index (χ4n) is 4.28. The number of para-hydroxylation sites is 2. The zero-order chi connectivity index (χ0) is 26.7. The van der Waals surface area contributed by atoms with Crippen LogP contribution >= 0.6 is 0 Å². The van der Waals surface area contributed by atoms with Gasteiger partial charge in [-0.15, -0.1) is 0 Å². The second-order valence-corrected chi connectivity index (χ2v) is 10.1. The Bertz CT molecular complexity index is 1660. The minimum Gasteiger partial charge on any atom is -0.497 e. The molecule has 0 aliphatic heterocycles. The van der Waals surface area contributed by atoms with E-state index in [-0.39, 0.29) is 5.75 Å². The van der Waals surface area contributed by atoms with Gasteiger partial charge in [-0.05, 0) is 72.8 Å². The average Bonchev–Trinajstić information content (AvgIpc) is 3.33. The molecule has 7 nitrogen and oxygen atoms in total. The summed E-state index contributed by atoms with van der Waals surface area (Å²) in [6, 6.07) is 32.2. The van der Waals surface area contributed by atoms with E-state index in [1.165, 1.54) is 0 Å². The number of rotatable bonds is 8. The summed E-state index contributed by atoms with van der Waals surface area (Å²) in [5.41, 5.74) is 4.71. The molecule has 38 heavy (non-hydrogen) atoms. The molecule has 0 saturated carbocycles. The monoisotopic (exact) mass is 526 g/mol. The van der Waals surface area contributed by atoms with Gasteiger partial charge in [0.25, 0.3) is 0 Å². The highest BCUT2D eigenvalue weighted by molar-refractivity contribution is 7.86. The van der Waals surface area contributed by atoms with Gasteiger partial charge in [0.2, 0.25) is 0 Å². The van der Waals surface area contributed by atoms with E-state index in [1.807, 2.05) is 89.5 Å². The first kappa shape index (κ1) is 25.1. The molecular formula is C30H26N2O5S. The van der Waals surface area contributed by atoms with Gasteiger partial charge < -0.3 is 13.7 Å². The molecule has 5 aromatic rings. The summed E-state index contributed by atoms with van der Waals surface area (Å²) < 4.78 is 42.4. The Balaban J connectivity index is 1.86. The van der Waals surface area contributed by atoms with Gasteiger partial charge in [-0.1, -0.05) is 30.3 Å². The zero-order valence-electron chi connectivity index (χ0n) is 21.2. The van der Waals surface area contributed by atoms with Crippen molar-refractivity contribution < 1.29 is 22.1 Å². The van der Waals surface area contributed by atoms with Crippen molar-refractivity contribution in [2.24, 2.45) is 0 Å². The third-order valence-corrected chi connectivity index (χ3v) is 6.47. The van der Waals surface area contributed by atoms with Gasteiger partial charge in [0.1, 0.15) is 17.3 Å². The second-order valence-electron chi connectivity index (χ2n) is 8.54. The topological polar surface area (TPSA) is 79.7 Å². The minimum absolute atomic E-state index is 0.194. The Morgan fingerprint density at radius 2 is 1.24 bits per heavy atom. The Hall–Kier alpha value is -4.56. The Morgan fingerprint density at radius 3 is 1.82 bits per heavy atom. The predicted octanol–water partition coefficient (Wildman–Crippen LogP) is 6.23. The van der Waals surface area contributed by atoms with E-state index < -0.39 is 10.1 Å². The lowest BCUT2D eigenvalue weighted by Gasteiger charge is -2.15. The molecule has 0 fully saturated rings. The van der Waals surface area contributed by atoms with Crippen LogP contribution in [0, 0.1) is 0 Å². The van der Waals surface area contributed by atoms with E-state index in [4.69, 9.17) is 18.6 Å². The number of aromatic nitrogens is 2. The Kier molecular flexibility index (Phi) is 6.89.